The molecule has 0 bridgehead atoms. The van der Waals surface area contributed by atoms with Crippen LogP contribution in [0.15, 0.2) is 46.9 Å². The number of rotatable bonds is 5. The molecule has 0 spiro atoms. The Balaban J connectivity index is 2.32. The van der Waals surface area contributed by atoms with E-state index in [-0.39, 0.29) is 5.56 Å². The molecule has 2 rings (SSSR count). The van der Waals surface area contributed by atoms with Crippen molar-refractivity contribution in [2.75, 3.05) is 7.11 Å². The van der Waals surface area contributed by atoms with Gasteiger partial charge in [0.25, 0.3) is 0 Å². The van der Waals surface area contributed by atoms with Crippen LogP contribution < -0.4 is 4.74 Å². The molecule has 0 unspecified atom stereocenters. The highest BCUT2D eigenvalue weighted by molar-refractivity contribution is 9.10. The van der Waals surface area contributed by atoms with E-state index >= 15 is 0 Å². The van der Waals surface area contributed by atoms with Crippen molar-refractivity contribution in [1.29, 1.82) is 0 Å². The fraction of sp³-hybridized carbons (Fsp3) is 0.133. The van der Waals surface area contributed by atoms with Crippen molar-refractivity contribution < 1.29 is 19.4 Å². The molecule has 1 N–H and O–H groups in total. The number of methoxy groups -OCH3 is 1. The number of ether oxygens (including phenoxy) is 2. The molecule has 0 radical (unpaired) electrons. The lowest BCUT2D eigenvalue weighted by atomic mass is 10.2. The van der Waals surface area contributed by atoms with Crippen LogP contribution in [0.25, 0.3) is 0 Å². The predicted molar refractivity (Wildman–Crippen MR) is 78.3 cm³/mol. The topological polar surface area (TPSA) is 55.8 Å². The van der Waals surface area contributed by atoms with E-state index in [0.29, 0.717) is 22.6 Å². The first kappa shape index (κ1) is 14.6. The van der Waals surface area contributed by atoms with Crippen LogP contribution in [-0.4, -0.2) is 18.2 Å². The highest BCUT2D eigenvalue weighted by atomic mass is 79.9. The van der Waals surface area contributed by atoms with Crippen LogP contribution in [0.5, 0.6) is 11.5 Å². The first-order chi connectivity index (χ1) is 9.61. The third kappa shape index (κ3) is 3.37. The van der Waals surface area contributed by atoms with E-state index in [1.165, 1.54) is 0 Å². The molecule has 20 heavy (non-hydrogen) atoms. The van der Waals surface area contributed by atoms with Crippen molar-refractivity contribution in [3.05, 3.63) is 58.1 Å². The van der Waals surface area contributed by atoms with Gasteiger partial charge in [-0.25, -0.2) is 4.79 Å². The van der Waals surface area contributed by atoms with Crippen molar-refractivity contribution in [1.82, 2.24) is 0 Å². The van der Waals surface area contributed by atoms with Gasteiger partial charge in [-0.1, -0.05) is 18.2 Å². The summed E-state index contributed by atoms with van der Waals surface area (Å²) >= 11 is 3.22. The molecule has 0 saturated heterocycles. The fourth-order valence-corrected chi connectivity index (χ4v) is 2.31. The zero-order valence-corrected chi connectivity index (χ0v) is 12.4. The summed E-state index contributed by atoms with van der Waals surface area (Å²) < 4.78 is 11.2. The van der Waals surface area contributed by atoms with Gasteiger partial charge in [-0.2, -0.15) is 0 Å². The number of benzene rings is 2. The molecule has 4 nitrogen and oxygen atoms in total. The summed E-state index contributed by atoms with van der Waals surface area (Å²) in [7, 11) is 1.62. The van der Waals surface area contributed by atoms with Crippen LogP contribution in [0, 0.1) is 0 Å². The maximum Gasteiger partial charge on any atom is 0.340 e. The zero-order chi connectivity index (χ0) is 14.5. The summed E-state index contributed by atoms with van der Waals surface area (Å²) in [5, 5.41) is 9.23. The molecule has 0 aliphatic carbocycles. The third-order valence-electron chi connectivity index (χ3n) is 2.63. The molecule has 0 atom stereocenters. The summed E-state index contributed by atoms with van der Waals surface area (Å²) in [6.07, 6.45) is 0. The van der Waals surface area contributed by atoms with Crippen molar-refractivity contribution in [2.24, 2.45) is 0 Å². The molecule has 104 valence electrons. The minimum Gasteiger partial charge on any atom is -0.478 e. The number of carboxylic acids is 1. The Morgan fingerprint density at radius 1 is 1.25 bits per heavy atom. The number of aromatic carboxylic acids is 1. The highest BCUT2D eigenvalue weighted by Gasteiger charge is 2.15. The van der Waals surface area contributed by atoms with E-state index in [0.717, 1.165) is 5.56 Å². The lowest BCUT2D eigenvalue weighted by molar-refractivity contribution is 0.0693. The third-order valence-corrected chi connectivity index (χ3v) is 3.29. The second-order valence-electron chi connectivity index (χ2n) is 4.10. The standard InChI is InChI=1S/C15H13BrO4/c1-19-9-10-4-2-5-11(8-10)20-13-7-3-6-12(16)14(13)15(17)18/h2-8H,9H2,1H3,(H,17,18). The van der Waals surface area contributed by atoms with Gasteiger partial charge >= 0.3 is 5.97 Å². The number of carboxylic acid groups (broad SMARTS) is 1. The van der Waals surface area contributed by atoms with Gasteiger partial charge in [-0.15, -0.1) is 0 Å². The van der Waals surface area contributed by atoms with Gasteiger partial charge in [0, 0.05) is 11.6 Å². The van der Waals surface area contributed by atoms with E-state index in [2.05, 4.69) is 15.9 Å². The van der Waals surface area contributed by atoms with E-state index in [1.807, 2.05) is 18.2 Å². The molecule has 2 aromatic rings. The van der Waals surface area contributed by atoms with Gasteiger partial charge in [0.1, 0.15) is 17.1 Å². The first-order valence-electron chi connectivity index (χ1n) is 5.89. The molecule has 0 aliphatic heterocycles. The largest absolute Gasteiger partial charge is 0.478 e. The molecular weight excluding hydrogens is 324 g/mol. The van der Waals surface area contributed by atoms with Crippen LogP contribution >= 0.6 is 15.9 Å². The van der Waals surface area contributed by atoms with Gasteiger partial charge in [-0.3, -0.25) is 0 Å². The van der Waals surface area contributed by atoms with Gasteiger partial charge < -0.3 is 14.6 Å². The number of halogens is 1. The Bertz CT molecular complexity index is 625. The Hall–Kier alpha value is -1.85. The highest BCUT2D eigenvalue weighted by Crippen LogP contribution is 2.31. The zero-order valence-electron chi connectivity index (χ0n) is 10.8. The quantitative estimate of drug-likeness (QED) is 0.893. The average Bonchev–Trinajstić information content (AvgIpc) is 2.39. The van der Waals surface area contributed by atoms with Crippen molar-refractivity contribution in [3.8, 4) is 11.5 Å². The van der Waals surface area contributed by atoms with Crippen LogP contribution in [0.3, 0.4) is 0 Å². The second kappa shape index (κ2) is 6.54. The molecule has 0 fully saturated rings. The van der Waals surface area contributed by atoms with Crippen LogP contribution in [0.2, 0.25) is 0 Å². The molecule has 0 heterocycles. The Labute approximate surface area is 125 Å². The Morgan fingerprint density at radius 2 is 2.00 bits per heavy atom. The Kier molecular flexibility index (Phi) is 4.76. The van der Waals surface area contributed by atoms with Gasteiger partial charge in [0.15, 0.2) is 0 Å². The number of hydrogen-bond donors (Lipinski definition) is 1. The van der Waals surface area contributed by atoms with Crippen LogP contribution in [0.4, 0.5) is 0 Å². The maximum absolute atomic E-state index is 11.3. The van der Waals surface area contributed by atoms with Crippen molar-refractivity contribution in [3.63, 3.8) is 0 Å². The van der Waals surface area contributed by atoms with Gasteiger partial charge in [0.2, 0.25) is 0 Å². The summed E-state index contributed by atoms with van der Waals surface area (Å²) in [5.41, 5.74) is 1.06. The normalized spacial score (nSPS) is 10.3. The van der Waals surface area contributed by atoms with E-state index in [9.17, 15) is 9.90 Å². The molecule has 0 amide bonds. The smallest absolute Gasteiger partial charge is 0.340 e. The van der Waals surface area contributed by atoms with Gasteiger partial charge in [-0.05, 0) is 45.8 Å². The average molecular weight is 337 g/mol. The van der Waals surface area contributed by atoms with Gasteiger partial charge in [0.05, 0.1) is 6.61 Å². The molecule has 0 aromatic heterocycles. The van der Waals surface area contributed by atoms with Crippen LogP contribution in [0.1, 0.15) is 15.9 Å². The molecular formula is C15H13BrO4. The molecule has 0 aliphatic rings. The molecule has 5 heteroatoms. The summed E-state index contributed by atoms with van der Waals surface area (Å²) in [6.45, 7) is 0.474. The SMILES string of the molecule is COCc1cccc(Oc2cccc(Br)c2C(=O)O)c1. The number of hydrogen-bond acceptors (Lipinski definition) is 3. The summed E-state index contributed by atoms with van der Waals surface area (Å²) in [6, 6.07) is 12.3. The van der Waals surface area contributed by atoms with E-state index in [4.69, 9.17) is 9.47 Å². The fourth-order valence-electron chi connectivity index (χ4n) is 1.79. The lowest BCUT2D eigenvalue weighted by Gasteiger charge is -2.11. The molecule has 0 saturated carbocycles. The minimum atomic E-state index is -1.04. The predicted octanol–water partition coefficient (Wildman–Crippen LogP) is 4.09. The van der Waals surface area contributed by atoms with Crippen LogP contribution in [-0.2, 0) is 11.3 Å². The summed E-state index contributed by atoms with van der Waals surface area (Å²) in [4.78, 5) is 11.3. The van der Waals surface area contributed by atoms with E-state index < -0.39 is 5.97 Å². The maximum atomic E-state index is 11.3. The van der Waals surface area contributed by atoms with Crippen molar-refractivity contribution >= 4 is 21.9 Å². The first-order valence-corrected chi connectivity index (χ1v) is 6.68. The molecule has 2 aromatic carbocycles. The number of carbonyl (C=O) groups is 1. The van der Waals surface area contributed by atoms with Crippen molar-refractivity contribution in [2.45, 2.75) is 6.61 Å². The minimum absolute atomic E-state index is 0.102. The Morgan fingerprint density at radius 3 is 2.70 bits per heavy atom. The van der Waals surface area contributed by atoms with E-state index in [1.54, 1.807) is 31.4 Å². The lowest BCUT2D eigenvalue weighted by Crippen LogP contribution is -2.01. The second-order valence-corrected chi connectivity index (χ2v) is 4.95. The monoisotopic (exact) mass is 336 g/mol. The summed E-state index contributed by atoms with van der Waals surface area (Å²) in [5.74, 6) is -0.179.